The summed E-state index contributed by atoms with van der Waals surface area (Å²) in [6, 6.07) is 6.91. The van der Waals surface area contributed by atoms with Gasteiger partial charge in [-0.1, -0.05) is 0 Å². The molecular formula is C13H18F2N2. The third kappa shape index (κ3) is 3.08. The number of nitrogens with one attached hydrogen (secondary N) is 1. The Balaban J connectivity index is 1.97. The molecule has 1 aliphatic rings. The molecule has 1 atom stereocenters. The zero-order valence-electron chi connectivity index (χ0n) is 10.00. The summed E-state index contributed by atoms with van der Waals surface area (Å²) in [6.07, 6.45) is 0.137. The predicted molar refractivity (Wildman–Crippen MR) is 67.0 cm³/mol. The predicted octanol–water partition coefficient (Wildman–Crippen LogP) is 3.35. The molecule has 0 aliphatic carbocycles. The van der Waals surface area contributed by atoms with Crippen molar-refractivity contribution in [2.75, 3.05) is 23.3 Å². The Morgan fingerprint density at radius 1 is 1.12 bits per heavy atom. The van der Waals surface area contributed by atoms with E-state index < -0.39 is 12.5 Å². The summed E-state index contributed by atoms with van der Waals surface area (Å²) in [6.45, 7) is 3.68. The van der Waals surface area contributed by atoms with Gasteiger partial charge >= 0.3 is 0 Å². The quantitative estimate of drug-likeness (QED) is 0.868. The summed E-state index contributed by atoms with van der Waals surface area (Å²) >= 11 is 0. The highest BCUT2D eigenvalue weighted by Gasteiger charge is 2.15. The molecule has 4 heteroatoms. The summed E-state index contributed by atoms with van der Waals surface area (Å²) in [5.41, 5.74) is 1.93. The third-order valence-electron chi connectivity index (χ3n) is 3.11. The Morgan fingerprint density at radius 2 is 1.71 bits per heavy atom. The second kappa shape index (κ2) is 5.34. The zero-order valence-corrected chi connectivity index (χ0v) is 10.00. The number of benzene rings is 1. The van der Waals surface area contributed by atoms with Gasteiger partial charge in [0.25, 0.3) is 6.43 Å². The highest BCUT2D eigenvalue weighted by Crippen LogP contribution is 2.22. The first-order chi connectivity index (χ1) is 8.16. The summed E-state index contributed by atoms with van der Waals surface area (Å²) < 4.78 is 24.7. The van der Waals surface area contributed by atoms with Crippen molar-refractivity contribution in [2.24, 2.45) is 0 Å². The molecule has 1 aliphatic heterocycles. The van der Waals surface area contributed by atoms with Gasteiger partial charge in [0.1, 0.15) is 0 Å². The molecule has 1 heterocycles. The van der Waals surface area contributed by atoms with Crippen molar-refractivity contribution < 1.29 is 8.78 Å². The van der Waals surface area contributed by atoms with Gasteiger partial charge in [0.15, 0.2) is 0 Å². The average Bonchev–Trinajstić information content (AvgIpc) is 2.83. The van der Waals surface area contributed by atoms with Gasteiger partial charge in [-0.15, -0.1) is 0 Å². The van der Waals surface area contributed by atoms with E-state index in [0.717, 1.165) is 18.8 Å². The monoisotopic (exact) mass is 240 g/mol. The molecule has 1 saturated heterocycles. The Morgan fingerprint density at radius 3 is 2.24 bits per heavy atom. The first-order valence-electron chi connectivity index (χ1n) is 6.06. The van der Waals surface area contributed by atoms with Crippen molar-refractivity contribution in [2.45, 2.75) is 32.2 Å². The molecule has 1 unspecified atom stereocenters. The minimum atomic E-state index is -2.34. The van der Waals surface area contributed by atoms with E-state index in [0.29, 0.717) is 0 Å². The number of hydrogen-bond acceptors (Lipinski definition) is 2. The SMILES string of the molecule is CC(Nc1ccc(N2CCCC2)cc1)C(F)F. The van der Waals surface area contributed by atoms with Crippen molar-refractivity contribution >= 4 is 11.4 Å². The van der Waals surface area contributed by atoms with E-state index in [1.54, 1.807) is 0 Å². The van der Waals surface area contributed by atoms with Crippen molar-refractivity contribution in [1.82, 2.24) is 0 Å². The minimum absolute atomic E-state index is 0.751. The van der Waals surface area contributed by atoms with Gasteiger partial charge < -0.3 is 10.2 Å². The number of halogens is 2. The van der Waals surface area contributed by atoms with E-state index in [2.05, 4.69) is 10.2 Å². The van der Waals surface area contributed by atoms with Gasteiger partial charge in [-0.25, -0.2) is 8.78 Å². The van der Waals surface area contributed by atoms with Gasteiger partial charge in [0.2, 0.25) is 0 Å². The lowest BCUT2D eigenvalue weighted by atomic mass is 10.2. The van der Waals surface area contributed by atoms with Gasteiger partial charge in [0.05, 0.1) is 6.04 Å². The zero-order chi connectivity index (χ0) is 12.3. The molecule has 17 heavy (non-hydrogen) atoms. The Bertz CT molecular complexity index is 345. The third-order valence-corrected chi connectivity index (χ3v) is 3.11. The van der Waals surface area contributed by atoms with Crippen LogP contribution in [0.3, 0.4) is 0 Å². The maximum atomic E-state index is 12.4. The summed E-state index contributed by atoms with van der Waals surface area (Å²) in [7, 11) is 0. The van der Waals surface area contributed by atoms with Crippen molar-refractivity contribution in [3.63, 3.8) is 0 Å². The fraction of sp³-hybridized carbons (Fsp3) is 0.538. The lowest BCUT2D eigenvalue weighted by Gasteiger charge is -2.19. The lowest BCUT2D eigenvalue weighted by Crippen LogP contribution is -2.23. The maximum absolute atomic E-state index is 12.4. The largest absolute Gasteiger partial charge is 0.377 e. The van der Waals surface area contributed by atoms with E-state index in [-0.39, 0.29) is 0 Å². The van der Waals surface area contributed by atoms with Crippen LogP contribution >= 0.6 is 0 Å². The molecule has 0 saturated carbocycles. The molecule has 2 rings (SSSR count). The number of anilines is 2. The molecule has 1 fully saturated rings. The van der Waals surface area contributed by atoms with Crippen LogP contribution < -0.4 is 10.2 Å². The summed E-state index contributed by atoms with van der Waals surface area (Å²) in [4.78, 5) is 2.32. The first-order valence-corrected chi connectivity index (χ1v) is 6.06. The second-order valence-corrected chi connectivity index (χ2v) is 4.51. The Labute approximate surface area is 101 Å². The smallest absolute Gasteiger partial charge is 0.258 e. The minimum Gasteiger partial charge on any atom is -0.377 e. The molecule has 94 valence electrons. The van der Waals surface area contributed by atoms with Crippen LogP contribution in [0.4, 0.5) is 20.2 Å². The topological polar surface area (TPSA) is 15.3 Å². The highest BCUT2D eigenvalue weighted by atomic mass is 19.3. The van der Waals surface area contributed by atoms with Crippen LogP contribution in [0.5, 0.6) is 0 Å². The van der Waals surface area contributed by atoms with E-state index in [9.17, 15) is 8.78 Å². The van der Waals surface area contributed by atoms with Crippen LogP contribution in [0.15, 0.2) is 24.3 Å². The molecule has 1 aromatic rings. The fourth-order valence-corrected chi connectivity index (χ4v) is 2.07. The molecule has 2 nitrogen and oxygen atoms in total. The van der Waals surface area contributed by atoms with Gasteiger partial charge in [0, 0.05) is 24.5 Å². The van der Waals surface area contributed by atoms with Crippen LogP contribution in [-0.4, -0.2) is 25.6 Å². The van der Waals surface area contributed by atoms with Gasteiger partial charge in [-0.05, 0) is 44.0 Å². The van der Waals surface area contributed by atoms with Gasteiger partial charge in [-0.3, -0.25) is 0 Å². The number of nitrogens with zero attached hydrogens (tertiary/aromatic N) is 1. The molecule has 0 amide bonds. The van der Waals surface area contributed by atoms with Crippen LogP contribution in [0, 0.1) is 0 Å². The number of alkyl halides is 2. The average molecular weight is 240 g/mol. The van der Waals surface area contributed by atoms with Crippen LogP contribution in [-0.2, 0) is 0 Å². The van der Waals surface area contributed by atoms with Crippen molar-refractivity contribution in [3.8, 4) is 0 Å². The first kappa shape index (κ1) is 12.1. The lowest BCUT2D eigenvalue weighted by molar-refractivity contribution is 0.131. The summed E-state index contributed by atoms with van der Waals surface area (Å²) in [5, 5.41) is 2.79. The highest BCUT2D eigenvalue weighted by molar-refractivity contribution is 5.55. The van der Waals surface area contributed by atoms with E-state index in [1.165, 1.54) is 25.5 Å². The molecular weight excluding hydrogens is 222 g/mol. The number of hydrogen-bond donors (Lipinski definition) is 1. The standard InChI is InChI=1S/C13H18F2N2/c1-10(13(14)15)16-11-4-6-12(7-5-11)17-8-2-3-9-17/h4-7,10,13,16H,2-3,8-9H2,1H3. The number of rotatable bonds is 4. The fourth-order valence-electron chi connectivity index (χ4n) is 2.07. The molecule has 1 aromatic carbocycles. The molecule has 0 radical (unpaired) electrons. The van der Waals surface area contributed by atoms with Crippen molar-refractivity contribution in [1.29, 1.82) is 0 Å². The van der Waals surface area contributed by atoms with Crippen LogP contribution in [0.2, 0.25) is 0 Å². The normalized spacial score (nSPS) is 17.5. The van der Waals surface area contributed by atoms with Gasteiger partial charge in [-0.2, -0.15) is 0 Å². The maximum Gasteiger partial charge on any atom is 0.258 e. The van der Waals surface area contributed by atoms with Crippen molar-refractivity contribution in [3.05, 3.63) is 24.3 Å². The summed E-state index contributed by atoms with van der Waals surface area (Å²) in [5.74, 6) is 0. The Hall–Kier alpha value is -1.32. The van der Waals surface area contributed by atoms with Crippen LogP contribution in [0.1, 0.15) is 19.8 Å². The van der Waals surface area contributed by atoms with E-state index >= 15 is 0 Å². The van der Waals surface area contributed by atoms with E-state index in [4.69, 9.17) is 0 Å². The second-order valence-electron chi connectivity index (χ2n) is 4.51. The molecule has 0 aromatic heterocycles. The molecule has 0 spiro atoms. The Kier molecular flexibility index (Phi) is 3.82. The van der Waals surface area contributed by atoms with E-state index in [1.807, 2.05) is 24.3 Å². The molecule has 0 bridgehead atoms. The van der Waals surface area contributed by atoms with Crippen LogP contribution in [0.25, 0.3) is 0 Å². The molecule has 1 N–H and O–H groups in total.